The van der Waals surface area contributed by atoms with Crippen molar-refractivity contribution >= 4 is 39.0 Å². The molecule has 1 aliphatic heterocycles. The lowest BCUT2D eigenvalue weighted by molar-refractivity contribution is -0.149. The summed E-state index contributed by atoms with van der Waals surface area (Å²) in [5.74, 6) is -2.00. The fourth-order valence-corrected chi connectivity index (χ4v) is 6.84. The first-order valence-electron chi connectivity index (χ1n) is 15.5. The number of unbranched alkanes of at least 4 members (excludes halogenated alkanes) is 3. The van der Waals surface area contributed by atoms with E-state index >= 15 is 0 Å². The maximum atomic E-state index is 14.3. The number of imidazole rings is 1. The number of ether oxygens (including phenoxy) is 1. The molecule has 1 aliphatic rings. The van der Waals surface area contributed by atoms with Crippen LogP contribution in [0.2, 0.25) is 0 Å². The predicted octanol–water partition coefficient (Wildman–Crippen LogP) is 5.22. The van der Waals surface area contributed by atoms with Crippen LogP contribution >= 0.6 is 0 Å². The van der Waals surface area contributed by atoms with Crippen molar-refractivity contribution in [2.24, 2.45) is 0 Å². The topological polar surface area (TPSA) is 176 Å². The SMILES string of the molecule is CCCCCC[C@H](C(=O)N1C[C@@H](Oc2ccc(CC(=O)O)cc2)C[C@H]1C(=O)O)n1cnc2cc(-c3ccccc3S(=O)(=O)O)ccc21. The van der Waals surface area contributed by atoms with Gasteiger partial charge in [0.15, 0.2) is 0 Å². The molecule has 3 N–H and O–H groups in total. The minimum atomic E-state index is -4.48. The number of carbonyl (C=O) groups is 3. The second kappa shape index (κ2) is 14.3. The van der Waals surface area contributed by atoms with Crippen LogP contribution in [0.3, 0.4) is 0 Å². The number of hydrogen-bond acceptors (Lipinski definition) is 7. The third-order valence-corrected chi connectivity index (χ3v) is 9.33. The van der Waals surface area contributed by atoms with Gasteiger partial charge in [0, 0.05) is 12.0 Å². The van der Waals surface area contributed by atoms with Gasteiger partial charge in [0.05, 0.1) is 30.3 Å². The van der Waals surface area contributed by atoms with Gasteiger partial charge in [0.2, 0.25) is 5.91 Å². The van der Waals surface area contributed by atoms with Gasteiger partial charge in [-0.05, 0) is 47.9 Å². The van der Waals surface area contributed by atoms with Crippen LogP contribution in [0, 0.1) is 0 Å². The first-order chi connectivity index (χ1) is 22.5. The van der Waals surface area contributed by atoms with E-state index in [0.717, 1.165) is 25.7 Å². The average Bonchev–Trinajstić information content (AvgIpc) is 3.65. The summed E-state index contributed by atoms with van der Waals surface area (Å²) >= 11 is 0. The zero-order chi connectivity index (χ0) is 33.7. The number of carboxylic acids is 2. The van der Waals surface area contributed by atoms with Crippen molar-refractivity contribution in [3.8, 4) is 16.9 Å². The van der Waals surface area contributed by atoms with Crippen LogP contribution in [0.25, 0.3) is 22.2 Å². The third kappa shape index (κ3) is 7.80. The summed E-state index contributed by atoms with van der Waals surface area (Å²) in [7, 11) is -4.48. The second-order valence-corrected chi connectivity index (χ2v) is 13.1. The highest BCUT2D eigenvalue weighted by Gasteiger charge is 2.43. The monoisotopic (exact) mass is 663 g/mol. The average molecular weight is 664 g/mol. The Hall–Kier alpha value is -4.75. The van der Waals surface area contributed by atoms with Crippen LogP contribution in [0.15, 0.2) is 78.0 Å². The highest BCUT2D eigenvalue weighted by molar-refractivity contribution is 7.86. The van der Waals surface area contributed by atoms with E-state index in [1.807, 2.05) is 0 Å². The fourth-order valence-electron chi connectivity index (χ4n) is 6.13. The van der Waals surface area contributed by atoms with Gasteiger partial charge < -0.3 is 24.4 Å². The molecule has 0 saturated carbocycles. The number of aliphatic carboxylic acids is 2. The largest absolute Gasteiger partial charge is 0.488 e. The van der Waals surface area contributed by atoms with Gasteiger partial charge in [0.1, 0.15) is 28.8 Å². The molecular weight excluding hydrogens is 626 g/mol. The molecule has 0 bridgehead atoms. The van der Waals surface area contributed by atoms with Gasteiger partial charge in [0.25, 0.3) is 10.1 Å². The number of benzene rings is 3. The lowest BCUT2D eigenvalue weighted by Gasteiger charge is -2.28. The maximum Gasteiger partial charge on any atom is 0.326 e. The number of likely N-dealkylation sites (tertiary alicyclic amines) is 1. The van der Waals surface area contributed by atoms with Crippen LogP contribution in [-0.4, -0.2) is 74.2 Å². The quantitative estimate of drug-likeness (QED) is 0.120. The molecule has 1 fully saturated rings. The standard InChI is InChI=1S/C34H37N3O9S/c1-2-3-4-5-9-29(37-21-35-27-18-23(13-16-28(27)37)26-8-6-7-10-31(26)47(43,44)45)33(40)36-20-25(19-30(36)34(41)42)46-24-14-11-22(12-15-24)17-32(38)39/h6-8,10-16,18,21,25,29-30H,2-5,9,17,19-20H2,1H3,(H,38,39)(H,41,42)(H,43,44,45)/t25-,29+,30-/m0/s1. The lowest BCUT2D eigenvalue weighted by Crippen LogP contribution is -2.44. The van der Waals surface area contributed by atoms with Crippen molar-refractivity contribution in [3.05, 3.63) is 78.6 Å². The lowest BCUT2D eigenvalue weighted by atomic mass is 10.0. The summed E-state index contributed by atoms with van der Waals surface area (Å²) in [6.45, 7) is 2.15. The molecule has 4 aromatic rings. The molecular formula is C34H37N3O9S. The molecule has 3 atom stereocenters. The van der Waals surface area contributed by atoms with Gasteiger partial charge >= 0.3 is 11.9 Å². The van der Waals surface area contributed by atoms with Crippen molar-refractivity contribution in [2.45, 2.75) is 75.0 Å². The molecule has 2 heterocycles. The summed E-state index contributed by atoms with van der Waals surface area (Å²) < 4.78 is 41.6. The number of rotatable bonds is 14. The van der Waals surface area contributed by atoms with Gasteiger partial charge in [-0.1, -0.05) is 69.0 Å². The second-order valence-electron chi connectivity index (χ2n) is 11.7. The number of aromatic nitrogens is 2. The molecule has 12 nitrogen and oxygen atoms in total. The summed E-state index contributed by atoms with van der Waals surface area (Å²) in [4.78, 5) is 43.3. The summed E-state index contributed by atoms with van der Waals surface area (Å²) in [5, 5.41) is 19.1. The van der Waals surface area contributed by atoms with Crippen LogP contribution in [0.1, 0.15) is 57.1 Å². The number of fused-ring (bicyclic) bond motifs is 1. The highest BCUT2D eigenvalue weighted by Crippen LogP contribution is 2.33. The molecule has 0 aliphatic carbocycles. The molecule has 0 unspecified atom stereocenters. The zero-order valence-electron chi connectivity index (χ0n) is 25.9. The predicted molar refractivity (Wildman–Crippen MR) is 173 cm³/mol. The van der Waals surface area contributed by atoms with Crippen LogP contribution in [0.4, 0.5) is 0 Å². The van der Waals surface area contributed by atoms with Gasteiger partial charge in [-0.15, -0.1) is 0 Å². The minimum Gasteiger partial charge on any atom is -0.488 e. The van der Waals surface area contributed by atoms with E-state index in [1.54, 1.807) is 65.5 Å². The number of carbonyl (C=O) groups excluding carboxylic acids is 1. The van der Waals surface area contributed by atoms with E-state index in [9.17, 15) is 32.5 Å². The Morgan fingerprint density at radius 2 is 1.74 bits per heavy atom. The van der Waals surface area contributed by atoms with Crippen molar-refractivity contribution in [2.75, 3.05) is 6.54 Å². The minimum absolute atomic E-state index is 0.0569. The molecule has 5 rings (SSSR count). The van der Waals surface area contributed by atoms with Crippen molar-refractivity contribution in [1.29, 1.82) is 0 Å². The normalized spacial score (nSPS) is 17.1. The van der Waals surface area contributed by atoms with Crippen molar-refractivity contribution in [3.63, 3.8) is 0 Å². The molecule has 1 saturated heterocycles. The molecule has 0 radical (unpaired) electrons. The van der Waals surface area contributed by atoms with Crippen molar-refractivity contribution in [1.82, 2.24) is 14.5 Å². The maximum absolute atomic E-state index is 14.3. The molecule has 1 amide bonds. The first-order valence-corrected chi connectivity index (χ1v) is 16.9. The number of carboxylic acid groups (broad SMARTS) is 2. The molecule has 0 spiro atoms. The van der Waals surface area contributed by atoms with E-state index in [1.165, 1.54) is 17.0 Å². The van der Waals surface area contributed by atoms with E-state index in [-0.39, 0.29) is 30.2 Å². The number of amides is 1. The summed E-state index contributed by atoms with van der Waals surface area (Å²) in [5.41, 5.74) is 2.55. The summed E-state index contributed by atoms with van der Waals surface area (Å²) in [6, 6.07) is 15.9. The van der Waals surface area contributed by atoms with Gasteiger partial charge in [-0.2, -0.15) is 8.42 Å². The Morgan fingerprint density at radius 1 is 1.00 bits per heavy atom. The Labute approximate surface area is 272 Å². The molecule has 248 valence electrons. The molecule has 47 heavy (non-hydrogen) atoms. The Bertz CT molecular complexity index is 1870. The number of nitrogens with zero attached hydrogens (tertiary/aromatic N) is 3. The van der Waals surface area contributed by atoms with Crippen LogP contribution < -0.4 is 4.74 Å². The smallest absolute Gasteiger partial charge is 0.326 e. The van der Waals surface area contributed by atoms with E-state index in [2.05, 4.69) is 11.9 Å². The van der Waals surface area contributed by atoms with E-state index in [4.69, 9.17) is 9.84 Å². The Kier molecular flexibility index (Phi) is 10.3. The molecule has 13 heteroatoms. The number of hydrogen-bond donors (Lipinski definition) is 3. The highest BCUT2D eigenvalue weighted by atomic mass is 32.2. The van der Waals surface area contributed by atoms with E-state index in [0.29, 0.717) is 39.9 Å². The first kappa shape index (κ1) is 33.6. The molecule has 3 aromatic carbocycles. The third-order valence-electron chi connectivity index (χ3n) is 8.42. The van der Waals surface area contributed by atoms with E-state index < -0.39 is 40.2 Å². The van der Waals surface area contributed by atoms with Crippen LogP contribution in [0.5, 0.6) is 5.75 Å². The van der Waals surface area contributed by atoms with Gasteiger partial charge in [-0.3, -0.25) is 14.1 Å². The Morgan fingerprint density at radius 3 is 2.43 bits per heavy atom. The Balaban J connectivity index is 1.43. The molecule has 1 aromatic heterocycles. The van der Waals surface area contributed by atoms with Crippen LogP contribution in [-0.2, 0) is 30.9 Å². The summed E-state index contributed by atoms with van der Waals surface area (Å²) in [6.07, 6.45) is 5.00. The van der Waals surface area contributed by atoms with Crippen molar-refractivity contribution < 1.29 is 42.3 Å². The van der Waals surface area contributed by atoms with Gasteiger partial charge in [-0.25, -0.2) is 9.78 Å². The zero-order valence-corrected chi connectivity index (χ0v) is 26.7. The fraction of sp³-hybridized carbons (Fsp3) is 0.353.